The molecule has 0 amide bonds. The van der Waals surface area contributed by atoms with Gasteiger partial charge in [0, 0.05) is 13.3 Å². The van der Waals surface area contributed by atoms with Crippen LogP contribution in [0.3, 0.4) is 0 Å². The molecule has 1 aliphatic heterocycles. The average molecular weight is 171 g/mol. The number of aliphatic hydroxyl groups excluding tert-OH is 1. The Hall–Kier alpha value is -0.610. The van der Waals surface area contributed by atoms with E-state index in [2.05, 4.69) is 22.1 Å². The molecule has 0 bridgehead atoms. The molecule has 1 saturated heterocycles. The molecule has 0 unspecified atom stereocenters. The molecule has 4 nitrogen and oxygen atoms in total. The van der Waals surface area contributed by atoms with Gasteiger partial charge in [-0.3, -0.25) is 0 Å². The normalized spacial score (nSPS) is 20.8. The zero-order chi connectivity index (χ0) is 8.81. The minimum Gasteiger partial charge on any atom is -0.390 e. The minimum atomic E-state index is -0.325. The van der Waals surface area contributed by atoms with Crippen LogP contribution >= 0.6 is 0 Å². The van der Waals surface area contributed by atoms with Crippen molar-refractivity contribution in [2.45, 2.75) is 18.9 Å². The molecule has 2 N–H and O–H groups in total. The number of nitrogens with zero attached hydrogens (tertiary/aromatic N) is 2. The molecular weight excluding hydrogens is 154 g/mol. The Labute approximate surface area is 73.3 Å². The van der Waals surface area contributed by atoms with Crippen LogP contribution in [-0.4, -0.2) is 49.0 Å². The standard InChI is InChI=1S/C8H17N3O/c1-9-10-6-8(12)7-11-4-2-3-5-11/h8,10,12H,1-7H2/t8-/m0/s1. The fraction of sp³-hybridized carbons (Fsp3) is 0.875. The van der Waals surface area contributed by atoms with E-state index in [0.29, 0.717) is 6.54 Å². The van der Waals surface area contributed by atoms with Gasteiger partial charge in [0.05, 0.1) is 12.6 Å². The third kappa shape index (κ3) is 3.19. The smallest absolute Gasteiger partial charge is 0.0855 e. The first-order valence-corrected chi connectivity index (χ1v) is 4.42. The van der Waals surface area contributed by atoms with Crippen LogP contribution in [0.25, 0.3) is 0 Å². The van der Waals surface area contributed by atoms with Gasteiger partial charge in [0.2, 0.25) is 0 Å². The Morgan fingerprint density at radius 2 is 2.17 bits per heavy atom. The molecular formula is C8H17N3O. The number of likely N-dealkylation sites (tertiary alicyclic amines) is 1. The second-order valence-electron chi connectivity index (χ2n) is 3.18. The van der Waals surface area contributed by atoms with E-state index >= 15 is 0 Å². The van der Waals surface area contributed by atoms with Gasteiger partial charge < -0.3 is 15.4 Å². The minimum absolute atomic E-state index is 0.325. The third-order valence-corrected chi connectivity index (χ3v) is 2.11. The molecule has 0 saturated carbocycles. The van der Waals surface area contributed by atoms with Gasteiger partial charge in [0.25, 0.3) is 0 Å². The van der Waals surface area contributed by atoms with E-state index in [4.69, 9.17) is 0 Å². The summed E-state index contributed by atoms with van der Waals surface area (Å²) in [6.45, 7) is 6.78. The van der Waals surface area contributed by atoms with E-state index < -0.39 is 0 Å². The topological polar surface area (TPSA) is 47.9 Å². The highest BCUT2D eigenvalue weighted by Crippen LogP contribution is 2.07. The molecule has 1 heterocycles. The Morgan fingerprint density at radius 3 is 2.75 bits per heavy atom. The zero-order valence-electron chi connectivity index (χ0n) is 7.37. The molecule has 1 fully saturated rings. The van der Waals surface area contributed by atoms with Gasteiger partial charge in [0.15, 0.2) is 0 Å². The van der Waals surface area contributed by atoms with E-state index in [9.17, 15) is 5.11 Å². The second-order valence-corrected chi connectivity index (χ2v) is 3.18. The number of hydrogen-bond acceptors (Lipinski definition) is 4. The van der Waals surface area contributed by atoms with Crippen LogP contribution in [0.5, 0.6) is 0 Å². The van der Waals surface area contributed by atoms with Gasteiger partial charge in [-0.25, -0.2) is 0 Å². The first kappa shape index (κ1) is 9.48. The van der Waals surface area contributed by atoms with Crippen LogP contribution < -0.4 is 5.43 Å². The van der Waals surface area contributed by atoms with Crippen molar-refractivity contribution in [3.05, 3.63) is 0 Å². The Balaban J connectivity index is 2.07. The van der Waals surface area contributed by atoms with Crippen molar-refractivity contribution in [2.24, 2.45) is 5.10 Å². The summed E-state index contributed by atoms with van der Waals surface area (Å²) < 4.78 is 0. The van der Waals surface area contributed by atoms with Gasteiger partial charge in [-0.1, -0.05) is 0 Å². The van der Waals surface area contributed by atoms with Crippen molar-refractivity contribution < 1.29 is 5.11 Å². The summed E-state index contributed by atoms with van der Waals surface area (Å²) in [4.78, 5) is 2.27. The molecule has 70 valence electrons. The summed E-state index contributed by atoms with van der Waals surface area (Å²) in [5.41, 5.74) is 2.66. The quantitative estimate of drug-likeness (QED) is 0.439. The van der Waals surface area contributed by atoms with Crippen molar-refractivity contribution in [1.29, 1.82) is 0 Å². The van der Waals surface area contributed by atoms with Crippen LogP contribution in [0, 0.1) is 0 Å². The predicted octanol–water partition coefficient (Wildman–Crippen LogP) is -0.352. The average Bonchev–Trinajstić information content (AvgIpc) is 2.53. The van der Waals surface area contributed by atoms with Crippen molar-refractivity contribution in [3.8, 4) is 0 Å². The maximum Gasteiger partial charge on any atom is 0.0855 e. The van der Waals surface area contributed by atoms with Crippen LogP contribution in [0.1, 0.15) is 12.8 Å². The largest absolute Gasteiger partial charge is 0.390 e. The number of rotatable bonds is 5. The number of β-amino-alcohol motifs (C(OH)–C–C–N with tert-alkyl or cyclic N) is 1. The van der Waals surface area contributed by atoms with Gasteiger partial charge >= 0.3 is 0 Å². The molecule has 0 aromatic carbocycles. The molecule has 1 rings (SSSR count). The fourth-order valence-electron chi connectivity index (χ4n) is 1.50. The fourth-order valence-corrected chi connectivity index (χ4v) is 1.50. The maximum atomic E-state index is 9.45. The lowest BCUT2D eigenvalue weighted by Gasteiger charge is -2.18. The zero-order valence-corrected chi connectivity index (χ0v) is 7.37. The Bertz CT molecular complexity index is 134. The molecule has 0 radical (unpaired) electrons. The summed E-state index contributed by atoms with van der Waals surface area (Å²) in [5, 5.41) is 12.9. The molecule has 0 aromatic heterocycles. The van der Waals surface area contributed by atoms with Crippen LogP contribution in [-0.2, 0) is 0 Å². The highest BCUT2D eigenvalue weighted by Gasteiger charge is 2.14. The summed E-state index contributed by atoms with van der Waals surface area (Å²) >= 11 is 0. The lowest BCUT2D eigenvalue weighted by molar-refractivity contribution is 0.124. The number of aliphatic hydroxyl groups is 1. The predicted molar refractivity (Wildman–Crippen MR) is 49.2 cm³/mol. The first-order chi connectivity index (χ1) is 5.83. The molecule has 1 atom stereocenters. The van der Waals surface area contributed by atoms with Crippen molar-refractivity contribution in [1.82, 2.24) is 10.3 Å². The first-order valence-electron chi connectivity index (χ1n) is 4.42. The van der Waals surface area contributed by atoms with Crippen molar-refractivity contribution >= 4 is 6.72 Å². The van der Waals surface area contributed by atoms with E-state index in [1.807, 2.05) is 0 Å². The summed E-state index contributed by atoms with van der Waals surface area (Å²) in [5.74, 6) is 0. The number of hydrogen-bond donors (Lipinski definition) is 2. The second kappa shape index (κ2) is 5.11. The monoisotopic (exact) mass is 171 g/mol. The van der Waals surface area contributed by atoms with Crippen LogP contribution in [0.4, 0.5) is 0 Å². The Kier molecular flexibility index (Phi) is 4.04. The van der Waals surface area contributed by atoms with E-state index in [1.165, 1.54) is 12.8 Å². The lowest BCUT2D eigenvalue weighted by Crippen LogP contribution is -2.35. The summed E-state index contributed by atoms with van der Waals surface area (Å²) in [6, 6.07) is 0. The SMILES string of the molecule is C=NNC[C@H](O)CN1CCCC1. The maximum absolute atomic E-state index is 9.45. The highest BCUT2D eigenvalue weighted by atomic mass is 16.3. The molecule has 0 aromatic rings. The van der Waals surface area contributed by atoms with E-state index in [0.717, 1.165) is 19.6 Å². The van der Waals surface area contributed by atoms with Gasteiger partial charge in [-0.05, 0) is 25.9 Å². The summed E-state index contributed by atoms with van der Waals surface area (Å²) in [7, 11) is 0. The molecule has 0 aliphatic carbocycles. The third-order valence-electron chi connectivity index (χ3n) is 2.11. The molecule has 4 heteroatoms. The molecule has 0 spiro atoms. The van der Waals surface area contributed by atoms with E-state index in [-0.39, 0.29) is 6.10 Å². The Morgan fingerprint density at radius 1 is 1.50 bits per heavy atom. The van der Waals surface area contributed by atoms with Crippen molar-refractivity contribution in [3.63, 3.8) is 0 Å². The molecule has 12 heavy (non-hydrogen) atoms. The van der Waals surface area contributed by atoms with E-state index in [1.54, 1.807) is 0 Å². The van der Waals surface area contributed by atoms with Gasteiger partial charge in [0.1, 0.15) is 0 Å². The number of nitrogens with one attached hydrogen (secondary N) is 1. The van der Waals surface area contributed by atoms with Crippen LogP contribution in [0.2, 0.25) is 0 Å². The lowest BCUT2D eigenvalue weighted by atomic mass is 10.3. The molecule has 1 aliphatic rings. The van der Waals surface area contributed by atoms with Gasteiger partial charge in [-0.15, -0.1) is 0 Å². The van der Waals surface area contributed by atoms with Crippen molar-refractivity contribution in [2.75, 3.05) is 26.2 Å². The van der Waals surface area contributed by atoms with Crippen LogP contribution in [0.15, 0.2) is 5.10 Å². The highest BCUT2D eigenvalue weighted by molar-refractivity contribution is 5.22. The number of hydrazone groups is 1. The van der Waals surface area contributed by atoms with Gasteiger partial charge in [-0.2, -0.15) is 5.10 Å². The summed E-state index contributed by atoms with van der Waals surface area (Å²) in [6.07, 6.45) is 2.20.